The molecule has 0 radical (unpaired) electrons. The Morgan fingerprint density at radius 1 is 1.17 bits per heavy atom. The van der Waals surface area contributed by atoms with Crippen LogP contribution in [0.15, 0.2) is 18.3 Å². The zero-order valence-corrected chi connectivity index (χ0v) is 20.8. The van der Waals surface area contributed by atoms with E-state index in [9.17, 15) is 35.4 Å². The molecule has 3 saturated heterocycles. The van der Waals surface area contributed by atoms with Gasteiger partial charge in [0.25, 0.3) is 0 Å². The molecule has 4 saturated carbocycles. The molecule has 8 rings (SSSR count). The van der Waals surface area contributed by atoms with Crippen molar-refractivity contribution in [1.82, 2.24) is 4.98 Å². The number of fused-ring (bicyclic) bond motifs is 1. The molecule has 12 atom stereocenters. The number of epoxide rings is 1. The van der Waals surface area contributed by atoms with Gasteiger partial charge in [-0.15, -0.1) is 0 Å². The molecular weight excluding hydrogens is 474 g/mol. The van der Waals surface area contributed by atoms with E-state index < -0.39 is 86.8 Å². The molecular formula is C25H33NO10. The summed E-state index contributed by atoms with van der Waals surface area (Å²) in [6.07, 6.45) is -3.06. The predicted molar refractivity (Wildman–Crippen MR) is 118 cm³/mol. The van der Waals surface area contributed by atoms with Crippen molar-refractivity contribution in [3.63, 3.8) is 0 Å². The molecule has 0 aromatic carbocycles. The standard InChI is InChI=1S/C25H33NO10/c1-11(2)22(31)16(34-14(27)12-7-6-8-26-12)23(32)17(3)10-21(30)19(22,5)25(23,33)24(36-21)15(28)18(4)13(35-18)9-20(17,24)29/h6-8,11,13,15-16,26,28-33H,9-10H2,1-5H3. The van der Waals surface area contributed by atoms with Crippen LogP contribution in [0.1, 0.15) is 57.9 Å². The fraction of sp³-hybridized carbons (Fsp3) is 0.800. The van der Waals surface area contributed by atoms with Crippen LogP contribution in [0.5, 0.6) is 0 Å². The van der Waals surface area contributed by atoms with Gasteiger partial charge in [0.15, 0.2) is 17.5 Å². The zero-order chi connectivity index (χ0) is 26.3. The van der Waals surface area contributed by atoms with Gasteiger partial charge in [0.1, 0.15) is 39.8 Å². The Morgan fingerprint density at radius 3 is 2.42 bits per heavy atom. The van der Waals surface area contributed by atoms with Crippen molar-refractivity contribution < 1.29 is 49.6 Å². The first kappa shape index (κ1) is 23.5. The highest BCUT2D eigenvalue weighted by Crippen LogP contribution is 2.91. The summed E-state index contributed by atoms with van der Waals surface area (Å²) < 4.78 is 17.8. The molecule has 36 heavy (non-hydrogen) atoms. The van der Waals surface area contributed by atoms with Crippen molar-refractivity contribution >= 4 is 5.97 Å². The summed E-state index contributed by atoms with van der Waals surface area (Å²) in [6.45, 7) is 7.70. The molecule has 7 aliphatic rings. The number of hydrogen-bond acceptors (Lipinski definition) is 10. The first-order valence-corrected chi connectivity index (χ1v) is 12.5. The number of nitrogens with one attached hydrogen (secondary N) is 1. The lowest BCUT2D eigenvalue weighted by Gasteiger charge is -2.59. The van der Waals surface area contributed by atoms with Gasteiger partial charge in [0.05, 0.1) is 11.5 Å². The minimum atomic E-state index is -2.66. The molecule has 6 bridgehead atoms. The van der Waals surface area contributed by atoms with E-state index in [0.29, 0.717) is 0 Å². The zero-order valence-electron chi connectivity index (χ0n) is 20.8. The Hall–Kier alpha value is -1.57. The Bertz CT molecular complexity index is 1220. The van der Waals surface area contributed by atoms with Gasteiger partial charge in [0, 0.05) is 24.5 Å². The largest absolute Gasteiger partial charge is 0.451 e. The van der Waals surface area contributed by atoms with Gasteiger partial charge >= 0.3 is 5.97 Å². The minimum Gasteiger partial charge on any atom is -0.451 e. The number of aromatic amines is 1. The van der Waals surface area contributed by atoms with Crippen molar-refractivity contribution in [1.29, 1.82) is 0 Å². The number of rotatable bonds is 3. The number of carbonyl (C=O) groups is 1. The number of aliphatic hydroxyl groups is 6. The molecule has 1 aromatic rings. The van der Waals surface area contributed by atoms with Crippen LogP contribution in [0, 0.1) is 16.7 Å². The van der Waals surface area contributed by atoms with Crippen LogP contribution < -0.4 is 0 Å². The second-order valence-corrected chi connectivity index (χ2v) is 12.8. The van der Waals surface area contributed by atoms with E-state index in [1.165, 1.54) is 26.1 Å². The summed E-state index contributed by atoms with van der Waals surface area (Å²) in [6, 6.07) is 3.04. The smallest absolute Gasteiger partial charge is 0.355 e. The number of hydrogen-bond donors (Lipinski definition) is 7. The average molecular weight is 508 g/mol. The van der Waals surface area contributed by atoms with Crippen LogP contribution in [0.25, 0.3) is 0 Å². The quantitative estimate of drug-likeness (QED) is 0.197. The average Bonchev–Trinajstić information content (AvgIpc) is 3.10. The molecule has 1 aromatic heterocycles. The summed E-state index contributed by atoms with van der Waals surface area (Å²) in [5.74, 6) is -3.99. The summed E-state index contributed by atoms with van der Waals surface area (Å²) in [5, 5.41) is 74.5. The maximum atomic E-state index is 13.2. The van der Waals surface area contributed by atoms with Gasteiger partial charge in [-0.3, -0.25) is 0 Å². The van der Waals surface area contributed by atoms with Crippen LogP contribution in [0.2, 0.25) is 0 Å². The number of carbonyl (C=O) groups excluding carboxylic acids is 1. The van der Waals surface area contributed by atoms with Gasteiger partial charge in [-0.05, 0) is 31.9 Å². The summed E-state index contributed by atoms with van der Waals surface area (Å²) in [7, 11) is 0. The molecule has 11 heteroatoms. The molecule has 1 spiro atoms. The van der Waals surface area contributed by atoms with Crippen LogP contribution >= 0.6 is 0 Å². The topological polar surface area (TPSA) is 185 Å². The monoisotopic (exact) mass is 507 g/mol. The fourth-order valence-electron chi connectivity index (χ4n) is 9.87. The number of H-pyrrole nitrogens is 1. The predicted octanol–water partition coefficient (Wildman–Crippen LogP) is -1.06. The second kappa shape index (κ2) is 5.57. The highest BCUT2D eigenvalue weighted by Gasteiger charge is 3.11. The minimum absolute atomic E-state index is 0.0531. The lowest BCUT2D eigenvalue weighted by molar-refractivity contribution is -0.386. The number of esters is 1. The van der Waals surface area contributed by atoms with E-state index in [1.807, 2.05) is 0 Å². The lowest BCUT2D eigenvalue weighted by Crippen LogP contribution is -2.77. The summed E-state index contributed by atoms with van der Waals surface area (Å²) in [5.41, 5.74) is -17.0. The Labute approximate surface area is 207 Å². The molecule has 3 aliphatic heterocycles. The van der Waals surface area contributed by atoms with Crippen molar-refractivity contribution in [3.8, 4) is 0 Å². The third kappa shape index (κ3) is 1.60. The lowest BCUT2D eigenvalue weighted by atomic mass is 9.52. The first-order valence-electron chi connectivity index (χ1n) is 12.5. The second-order valence-electron chi connectivity index (χ2n) is 12.8. The molecule has 0 amide bonds. The molecule has 198 valence electrons. The first-order chi connectivity index (χ1) is 16.4. The Balaban J connectivity index is 1.55. The van der Waals surface area contributed by atoms with Gasteiger partial charge in [0.2, 0.25) is 0 Å². The maximum absolute atomic E-state index is 13.2. The van der Waals surface area contributed by atoms with Gasteiger partial charge in [-0.25, -0.2) is 4.79 Å². The van der Waals surface area contributed by atoms with Crippen molar-refractivity contribution in [2.24, 2.45) is 16.7 Å². The SMILES string of the molecule is CC(C)C1(O)C(OC(=O)c2ccc[nH]2)C2(O)C3(C)CC4(O)OC5(C(O)C6(C)OC6CC35O)C2(O)C41C. The molecule has 12 unspecified atom stereocenters. The Morgan fingerprint density at radius 2 is 1.83 bits per heavy atom. The van der Waals surface area contributed by atoms with Gasteiger partial charge < -0.3 is 49.8 Å². The summed E-state index contributed by atoms with van der Waals surface area (Å²) >= 11 is 0. The Kier molecular flexibility index (Phi) is 3.64. The van der Waals surface area contributed by atoms with E-state index in [1.54, 1.807) is 26.8 Å². The van der Waals surface area contributed by atoms with Crippen LogP contribution in [0.3, 0.4) is 0 Å². The molecule has 7 fully saturated rings. The van der Waals surface area contributed by atoms with Crippen LogP contribution in [0.4, 0.5) is 0 Å². The maximum Gasteiger partial charge on any atom is 0.355 e. The van der Waals surface area contributed by atoms with E-state index in [-0.39, 0.29) is 12.1 Å². The molecule has 7 N–H and O–H groups in total. The van der Waals surface area contributed by atoms with E-state index in [0.717, 1.165) is 0 Å². The van der Waals surface area contributed by atoms with E-state index in [4.69, 9.17) is 14.2 Å². The number of aromatic nitrogens is 1. The van der Waals surface area contributed by atoms with Crippen molar-refractivity contribution in [2.45, 2.75) is 105 Å². The third-order valence-electron chi connectivity index (χ3n) is 11.8. The van der Waals surface area contributed by atoms with Crippen molar-refractivity contribution in [3.05, 3.63) is 24.0 Å². The van der Waals surface area contributed by atoms with Crippen molar-refractivity contribution in [2.75, 3.05) is 0 Å². The third-order valence-corrected chi connectivity index (χ3v) is 11.8. The van der Waals surface area contributed by atoms with E-state index in [2.05, 4.69) is 4.98 Å². The van der Waals surface area contributed by atoms with Crippen LogP contribution in [-0.2, 0) is 14.2 Å². The molecule has 4 aliphatic carbocycles. The number of aliphatic hydroxyl groups excluding tert-OH is 1. The fourth-order valence-corrected chi connectivity index (χ4v) is 9.87. The molecule has 11 nitrogen and oxygen atoms in total. The number of ether oxygens (including phenoxy) is 3. The highest BCUT2D eigenvalue weighted by atomic mass is 16.7. The summed E-state index contributed by atoms with van der Waals surface area (Å²) in [4.78, 5) is 15.9. The van der Waals surface area contributed by atoms with Gasteiger partial charge in [-0.2, -0.15) is 0 Å². The molecule has 4 heterocycles. The van der Waals surface area contributed by atoms with Crippen LogP contribution in [-0.4, -0.2) is 99.3 Å². The highest BCUT2D eigenvalue weighted by molar-refractivity contribution is 5.87. The van der Waals surface area contributed by atoms with E-state index >= 15 is 0 Å². The normalized spacial score (nSPS) is 63.5. The van der Waals surface area contributed by atoms with Gasteiger partial charge in [-0.1, -0.05) is 20.8 Å².